The number of para-hydroxylation sites is 1. The van der Waals surface area contributed by atoms with E-state index in [9.17, 15) is 5.11 Å². The predicted molar refractivity (Wildman–Crippen MR) is 128 cm³/mol. The lowest BCUT2D eigenvalue weighted by atomic mass is 10.0. The maximum absolute atomic E-state index is 11.1. The largest absolute Gasteiger partial charge is 0.460 e. The van der Waals surface area contributed by atoms with Crippen molar-refractivity contribution in [3.63, 3.8) is 0 Å². The number of unbranched alkanes of at least 4 members (excludes halogenated alkanes) is 9. The van der Waals surface area contributed by atoms with Crippen LogP contribution < -0.4 is 4.74 Å². The van der Waals surface area contributed by atoms with Gasteiger partial charge < -0.3 is 29.2 Å². The second-order valence-electron chi connectivity index (χ2n) is 8.29. The zero-order valence-corrected chi connectivity index (χ0v) is 20.1. The van der Waals surface area contributed by atoms with Crippen molar-refractivity contribution in [1.82, 2.24) is 0 Å². The molecule has 0 bridgehead atoms. The van der Waals surface area contributed by atoms with Gasteiger partial charge in [0.25, 0.3) is 0 Å². The van der Waals surface area contributed by atoms with E-state index < -0.39 is 5.79 Å². The Morgan fingerprint density at radius 2 is 1.22 bits per heavy atom. The monoisotopic (exact) mass is 454 g/mol. The molecule has 1 atom stereocenters. The molecule has 0 aromatic heterocycles. The van der Waals surface area contributed by atoms with E-state index in [1.807, 2.05) is 30.3 Å². The number of hydrogen-bond acceptors (Lipinski definition) is 6. The predicted octanol–water partition coefficient (Wildman–Crippen LogP) is 5.11. The van der Waals surface area contributed by atoms with Crippen LogP contribution in [0.5, 0.6) is 5.75 Å². The Morgan fingerprint density at radius 3 is 1.81 bits per heavy atom. The van der Waals surface area contributed by atoms with E-state index in [0.29, 0.717) is 45.2 Å². The molecule has 6 heteroatoms. The van der Waals surface area contributed by atoms with Gasteiger partial charge in [0, 0.05) is 6.42 Å². The summed E-state index contributed by atoms with van der Waals surface area (Å²) in [7, 11) is 0. The summed E-state index contributed by atoms with van der Waals surface area (Å²) in [5.74, 6) is -0.700. The normalized spacial score (nSPS) is 13.2. The molecule has 0 fully saturated rings. The number of aliphatic hydroxyl groups excluding tert-OH is 1. The summed E-state index contributed by atoms with van der Waals surface area (Å²) in [5, 5.41) is 19.7. The van der Waals surface area contributed by atoms with Gasteiger partial charge in [-0.3, -0.25) is 0 Å². The van der Waals surface area contributed by atoms with Gasteiger partial charge in [-0.2, -0.15) is 0 Å². The first kappa shape index (κ1) is 28.9. The molecule has 0 aliphatic carbocycles. The molecule has 0 heterocycles. The number of benzene rings is 1. The molecule has 0 aliphatic rings. The Labute approximate surface area is 195 Å². The first-order valence-electron chi connectivity index (χ1n) is 12.5. The van der Waals surface area contributed by atoms with Crippen LogP contribution in [0.3, 0.4) is 0 Å². The summed E-state index contributed by atoms with van der Waals surface area (Å²) in [6.07, 6.45) is 13.0. The zero-order chi connectivity index (χ0) is 23.2. The lowest BCUT2D eigenvalue weighted by Crippen LogP contribution is -2.41. The Kier molecular flexibility index (Phi) is 18.4. The van der Waals surface area contributed by atoms with Crippen LogP contribution in [0.15, 0.2) is 30.3 Å². The molecule has 1 aromatic rings. The molecule has 6 nitrogen and oxygen atoms in total. The lowest BCUT2D eigenvalue weighted by molar-refractivity contribution is -0.185. The SMILES string of the molecule is CCCCCCCCCCCCC(O)(COCCOCCOCCO)Oc1ccccc1. The zero-order valence-electron chi connectivity index (χ0n) is 20.1. The molecule has 1 unspecified atom stereocenters. The van der Waals surface area contributed by atoms with Crippen molar-refractivity contribution in [1.29, 1.82) is 0 Å². The van der Waals surface area contributed by atoms with Crippen LogP contribution in [0.4, 0.5) is 0 Å². The third-order valence-corrected chi connectivity index (χ3v) is 5.28. The second-order valence-corrected chi connectivity index (χ2v) is 8.29. The van der Waals surface area contributed by atoms with Gasteiger partial charge in [0.15, 0.2) is 0 Å². The van der Waals surface area contributed by atoms with Gasteiger partial charge in [-0.05, 0) is 18.6 Å². The molecule has 0 amide bonds. The molecule has 0 aliphatic heterocycles. The average molecular weight is 455 g/mol. The second kappa shape index (κ2) is 20.4. The van der Waals surface area contributed by atoms with E-state index in [0.717, 1.165) is 12.8 Å². The molecule has 1 aromatic carbocycles. The van der Waals surface area contributed by atoms with E-state index >= 15 is 0 Å². The molecule has 2 N–H and O–H groups in total. The van der Waals surface area contributed by atoms with Gasteiger partial charge in [0.05, 0.1) is 39.6 Å². The van der Waals surface area contributed by atoms with E-state index in [-0.39, 0.29) is 13.2 Å². The highest BCUT2D eigenvalue weighted by Crippen LogP contribution is 2.23. The summed E-state index contributed by atoms with van der Waals surface area (Å²) < 4.78 is 22.1. The van der Waals surface area contributed by atoms with Crippen LogP contribution in [0.2, 0.25) is 0 Å². The van der Waals surface area contributed by atoms with Crippen LogP contribution in [-0.4, -0.2) is 62.2 Å². The molecule has 1 rings (SSSR count). The van der Waals surface area contributed by atoms with Gasteiger partial charge in [-0.25, -0.2) is 0 Å². The van der Waals surface area contributed by atoms with Crippen molar-refractivity contribution < 1.29 is 29.2 Å². The molecule has 0 radical (unpaired) electrons. The van der Waals surface area contributed by atoms with Crippen molar-refractivity contribution in [3.05, 3.63) is 30.3 Å². The molecule has 0 spiro atoms. The van der Waals surface area contributed by atoms with Crippen LogP contribution in [0.1, 0.15) is 77.6 Å². The highest BCUT2D eigenvalue weighted by atomic mass is 16.7. The maximum atomic E-state index is 11.1. The van der Waals surface area contributed by atoms with Crippen molar-refractivity contribution in [2.75, 3.05) is 46.2 Å². The van der Waals surface area contributed by atoms with Crippen LogP contribution >= 0.6 is 0 Å². The van der Waals surface area contributed by atoms with Gasteiger partial charge >= 0.3 is 0 Å². The highest BCUT2D eigenvalue weighted by Gasteiger charge is 2.29. The smallest absolute Gasteiger partial charge is 0.231 e. The first-order chi connectivity index (χ1) is 15.7. The average Bonchev–Trinajstić information content (AvgIpc) is 2.80. The first-order valence-corrected chi connectivity index (χ1v) is 12.5. The third kappa shape index (κ3) is 16.5. The highest BCUT2D eigenvalue weighted by molar-refractivity contribution is 5.21. The molecule has 186 valence electrons. The van der Waals surface area contributed by atoms with Gasteiger partial charge in [0.1, 0.15) is 12.4 Å². The standard InChI is InChI=1S/C26H46O6/c1-2-3-4-5-6-7-8-9-10-14-17-26(28,32-25-15-12-11-13-16-25)24-31-23-22-30-21-20-29-19-18-27/h11-13,15-16,27-28H,2-10,14,17-24H2,1H3. The van der Waals surface area contributed by atoms with Crippen LogP contribution in [0, 0.1) is 0 Å². The fourth-order valence-corrected chi connectivity index (χ4v) is 3.49. The fraction of sp³-hybridized carbons (Fsp3) is 0.769. The van der Waals surface area contributed by atoms with Crippen molar-refractivity contribution >= 4 is 0 Å². The lowest BCUT2D eigenvalue weighted by Gasteiger charge is -2.29. The van der Waals surface area contributed by atoms with Gasteiger partial charge in [-0.1, -0.05) is 82.9 Å². The Balaban J connectivity index is 2.23. The van der Waals surface area contributed by atoms with Crippen molar-refractivity contribution in [2.45, 2.75) is 83.3 Å². The van der Waals surface area contributed by atoms with Crippen molar-refractivity contribution in [3.8, 4) is 5.75 Å². The topological polar surface area (TPSA) is 77.4 Å². The van der Waals surface area contributed by atoms with E-state index in [4.69, 9.17) is 24.1 Å². The summed E-state index contributed by atoms with van der Waals surface area (Å²) >= 11 is 0. The number of rotatable bonds is 23. The number of hydrogen-bond donors (Lipinski definition) is 2. The van der Waals surface area contributed by atoms with E-state index in [2.05, 4.69) is 6.92 Å². The molecule has 0 saturated carbocycles. The summed E-state index contributed by atoms with van der Waals surface area (Å²) in [4.78, 5) is 0. The minimum atomic E-state index is -1.34. The Hall–Kier alpha value is -1.18. The molecular formula is C26H46O6. The van der Waals surface area contributed by atoms with Crippen molar-refractivity contribution in [2.24, 2.45) is 0 Å². The van der Waals surface area contributed by atoms with Crippen LogP contribution in [0.25, 0.3) is 0 Å². The number of aliphatic hydroxyl groups is 2. The van der Waals surface area contributed by atoms with Gasteiger partial charge in [-0.15, -0.1) is 0 Å². The fourth-order valence-electron chi connectivity index (χ4n) is 3.49. The summed E-state index contributed by atoms with van der Waals surface area (Å²) in [6.45, 7) is 4.38. The van der Waals surface area contributed by atoms with Crippen LogP contribution in [-0.2, 0) is 14.2 Å². The minimum Gasteiger partial charge on any atom is -0.460 e. The third-order valence-electron chi connectivity index (χ3n) is 5.28. The quantitative estimate of drug-likeness (QED) is 0.177. The molecule has 32 heavy (non-hydrogen) atoms. The Morgan fingerprint density at radius 1 is 0.688 bits per heavy atom. The Bertz CT molecular complexity index is 512. The summed E-state index contributed by atoms with van der Waals surface area (Å²) in [6, 6.07) is 9.40. The molecule has 0 saturated heterocycles. The summed E-state index contributed by atoms with van der Waals surface area (Å²) in [5.41, 5.74) is 0. The maximum Gasteiger partial charge on any atom is 0.231 e. The van der Waals surface area contributed by atoms with E-state index in [1.165, 1.54) is 51.4 Å². The number of ether oxygens (including phenoxy) is 4. The minimum absolute atomic E-state index is 0.0160. The van der Waals surface area contributed by atoms with Gasteiger partial charge in [0.2, 0.25) is 5.79 Å². The molecular weight excluding hydrogens is 408 g/mol. The van der Waals surface area contributed by atoms with E-state index in [1.54, 1.807) is 0 Å².